The monoisotopic (exact) mass is 302 g/mol. The van der Waals surface area contributed by atoms with Crippen LogP contribution in [-0.4, -0.2) is 12.2 Å². The SMILES string of the molecule is COc1ccccc1CN1OC(N)=CC1c1ccc(C)s1. The minimum absolute atomic E-state index is 0.0496. The smallest absolute Gasteiger partial charge is 0.207 e. The summed E-state index contributed by atoms with van der Waals surface area (Å²) in [6.07, 6.45) is 1.95. The molecule has 3 rings (SSSR count). The topological polar surface area (TPSA) is 47.7 Å². The summed E-state index contributed by atoms with van der Waals surface area (Å²) in [7, 11) is 1.68. The molecule has 1 atom stereocenters. The largest absolute Gasteiger partial charge is 0.496 e. The standard InChI is InChI=1S/C16H18N2O2S/c1-11-7-8-15(21-11)13-9-16(17)20-18(13)10-12-5-3-4-6-14(12)19-2/h3-9,13H,10,17H2,1-2H3. The molecule has 2 N–H and O–H groups in total. The third kappa shape index (κ3) is 2.89. The van der Waals surface area contributed by atoms with Crippen LogP contribution in [0, 0.1) is 6.92 Å². The van der Waals surface area contributed by atoms with Gasteiger partial charge in [-0.05, 0) is 25.1 Å². The van der Waals surface area contributed by atoms with E-state index in [0.29, 0.717) is 12.4 Å². The summed E-state index contributed by atoms with van der Waals surface area (Å²) < 4.78 is 5.40. The van der Waals surface area contributed by atoms with Gasteiger partial charge in [0.1, 0.15) is 11.8 Å². The molecule has 5 heteroatoms. The van der Waals surface area contributed by atoms with Crippen LogP contribution in [-0.2, 0) is 11.4 Å². The first-order valence-electron chi connectivity index (χ1n) is 6.77. The lowest BCUT2D eigenvalue weighted by Gasteiger charge is -2.22. The molecule has 110 valence electrons. The highest BCUT2D eigenvalue weighted by molar-refractivity contribution is 7.12. The molecule has 1 aliphatic rings. The van der Waals surface area contributed by atoms with E-state index in [4.69, 9.17) is 15.3 Å². The molecule has 0 bridgehead atoms. The lowest BCUT2D eigenvalue weighted by atomic mass is 10.1. The Morgan fingerprint density at radius 1 is 1.29 bits per heavy atom. The van der Waals surface area contributed by atoms with Gasteiger partial charge in [-0.25, -0.2) is 0 Å². The van der Waals surface area contributed by atoms with Crippen molar-refractivity contribution in [3.05, 3.63) is 63.7 Å². The van der Waals surface area contributed by atoms with Crippen molar-refractivity contribution < 1.29 is 9.57 Å². The number of ether oxygens (including phenoxy) is 1. The number of aryl methyl sites for hydroxylation is 1. The number of para-hydroxylation sites is 1. The minimum atomic E-state index is 0.0496. The van der Waals surface area contributed by atoms with Gasteiger partial charge in [0.15, 0.2) is 0 Å². The number of hydroxylamine groups is 2. The molecule has 0 radical (unpaired) electrons. The Morgan fingerprint density at radius 2 is 2.10 bits per heavy atom. The van der Waals surface area contributed by atoms with Crippen LogP contribution in [0.3, 0.4) is 0 Å². The van der Waals surface area contributed by atoms with Gasteiger partial charge in [0.2, 0.25) is 5.88 Å². The van der Waals surface area contributed by atoms with Crippen LogP contribution in [0.25, 0.3) is 0 Å². The lowest BCUT2D eigenvalue weighted by Crippen LogP contribution is -2.23. The fraction of sp³-hybridized carbons (Fsp3) is 0.250. The average molecular weight is 302 g/mol. The van der Waals surface area contributed by atoms with Crippen LogP contribution in [0.4, 0.5) is 0 Å². The van der Waals surface area contributed by atoms with Crippen LogP contribution in [0.1, 0.15) is 21.4 Å². The molecule has 21 heavy (non-hydrogen) atoms. The number of hydrogen-bond acceptors (Lipinski definition) is 5. The van der Waals surface area contributed by atoms with E-state index in [2.05, 4.69) is 19.1 Å². The van der Waals surface area contributed by atoms with E-state index in [1.165, 1.54) is 9.75 Å². The fourth-order valence-electron chi connectivity index (χ4n) is 2.43. The number of rotatable bonds is 4. The summed E-state index contributed by atoms with van der Waals surface area (Å²) in [6.45, 7) is 2.71. The zero-order valence-electron chi connectivity index (χ0n) is 12.1. The molecule has 1 aromatic heterocycles. The van der Waals surface area contributed by atoms with E-state index in [1.54, 1.807) is 18.4 Å². The first-order chi connectivity index (χ1) is 10.2. The molecule has 2 heterocycles. The first kappa shape index (κ1) is 14.0. The maximum absolute atomic E-state index is 5.85. The van der Waals surface area contributed by atoms with Gasteiger partial charge in [0.05, 0.1) is 13.7 Å². The Morgan fingerprint density at radius 3 is 2.81 bits per heavy atom. The van der Waals surface area contributed by atoms with Gasteiger partial charge in [0.25, 0.3) is 0 Å². The minimum Gasteiger partial charge on any atom is -0.496 e. The molecule has 1 aromatic carbocycles. The maximum atomic E-state index is 5.85. The van der Waals surface area contributed by atoms with E-state index in [1.807, 2.05) is 35.4 Å². The van der Waals surface area contributed by atoms with Crippen LogP contribution >= 0.6 is 11.3 Å². The van der Waals surface area contributed by atoms with Gasteiger partial charge < -0.3 is 15.3 Å². The Labute approximate surface area is 128 Å². The lowest BCUT2D eigenvalue weighted by molar-refractivity contribution is -0.127. The summed E-state index contributed by atoms with van der Waals surface area (Å²) in [6, 6.07) is 12.2. The Kier molecular flexibility index (Phi) is 3.86. The van der Waals surface area contributed by atoms with Crippen molar-refractivity contribution >= 4 is 11.3 Å². The molecule has 0 amide bonds. The Balaban J connectivity index is 1.84. The number of nitrogens with two attached hydrogens (primary N) is 1. The summed E-state index contributed by atoms with van der Waals surface area (Å²) in [5, 5.41) is 1.89. The average Bonchev–Trinajstić information content (AvgIpc) is 3.05. The summed E-state index contributed by atoms with van der Waals surface area (Å²) in [4.78, 5) is 8.17. The first-order valence-corrected chi connectivity index (χ1v) is 7.59. The van der Waals surface area contributed by atoms with Crippen molar-refractivity contribution in [3.63, 3.8) is 0 Å². The van der Waals surface area contributed by atoms with Crippen LogP contribution in [0.15, 0.2) is 48.4 Å². The number of benzene rings is 1. The predicted octanol–water partition coefficient (Wildman–Crippen LogP) is 3.35. The second-order valence-corrected chi connectivity index (χ2v) is 6.26. The Hall–Kier alpha value is -1.98. The maximum Gasteiger partial charge on any atom is 0.207 e. The van der Waals surface area contributed by atoms with Gasteiger partial charge in [-0.15, -0.1) is 16.4 Å². The number of methoxy groups -OCH3 is 1. The number of hydrogen-bond donors (Lipinski definition) is 1. The van der Waals surface area contributed by atoms with E-state index in [-0.39, 0.29) is 6.04 Å². The van der Waals surface area contributed by atoms with Gasteiger partial charge in [-0.2, -0.15) is 0 Å². The third-order valence-electron chi connectivity index (χ3n) is 3.43. The second-order valence-electron chi connectivity index (χ2n) is 4.94. The molecule has 0 spiro atoms. The van der Waals surface area contributed by atoms with E-state index in [0.717, 1.165) is 11.3 Å². The quantitative estimate of drug-likeness (QED) is 0.941. The van der Waals surface area contributed by atoms with Gasteiger partial charge >= 0.3 is 0 Å². The molecule has 1 unspecified atom stereocenters. The summed E-state index contributed by atoms with van der Waals surface area (Å²) >= 11 is 1.76. The van der Waals surface area contributed by atoms with Crippen LogP contribution in [0.2, 0.25) is 0 Å². The Bertz CT molecular complexity index is 666. The van der Waals surface area contributed by atoms with Crippen LogP contribution < -0.4 is 10.5 Å². The third-order valence-corrected chi connectivity index (χ3v) is 4.50. The molecule has 0 saturated carbocycles. The molecular formula is C16H18N2O2S. The number of nitrogens with zero attached hydrogens (tertiary/aromatic N) is 1. The summed E-state index contributed by atoms with van der Waals surface area (Å²) in [5.74, 6) is 1.30. The van der Waals surface area contributed by atoms with E-state index in [9.17, 15) is 0 Å². The normalized spacial score (nSPS) is 18.4. The molecule has 4 nitrogen and oxygen atoms in total. The van der Waals surface area contributed by atoms with Crippen molar-refractivity contribution in [2.24, 2.45) is 5.73 Å². The zero-order chi connectivity index (χ0) is 14.8. The van der Waals surface area contributed by atoms with Gasteiger partial charge in [-0.3, -0.25) is 0 Å². The molecule has 2 aromatic rings. The predicted molar refractivity (Wildman–Crippen MR) is 83.7 cm³/mol. The molecule has 0 aliphatic carbocycles. The highest BCUT2D eigenvalue weighted by atomic mass is 32.1. The zero-order valence-corrected chi connectivity index (χ0v) is 12.9. The molecule has 1 aliphatic heterocycles. The van der Waals surface area contributed by atoms with Gasteiger partial charge in [-0.1, -0.05) is 18.2 Å². The van der Waals surface area contributed by atoms with Crippen molar-refractivity contribution in [1.29, 1.82) is 0 Å². The fourth-order valence-corrected chi connectivity index (χ4v) is 3.38. The van der Waals surface area contributed by atoms with Crippen molar-refractivity contribution in [3.8, 4) is 5.75 Å². The number of thiophene rings is 1. The van der Waals surface area contributed by atoms with Crippen LogP contribution in [0.5, 0.6) is 5.75 Å². The molecular weight excluding hydrogens is 284 g/mol. The highest BCUT2D eigenvalue weighted by Gasteiger charge is 2.29. The van der Waals surface area contributed by atoms with E-state index >= 15 is 0 Å². The molecule has 0 saturated heterocycles. The highest BCUT2D eigenvalue weighted by Crippen LogP contribution is 2.35. The van der Waals surface area contributed by atoms with Crippen molar-refractivity contribution in [1.82, 2.24) is 5.06 Å². The summed E-state index contributed by atoms with van der Waals surface area (Å²) in [5.41, 5.74) is 6.93. The molecule has 0 fully saturated rings. The van der Waals surface area contributed by atoms with Crippen molar-refractivity contribution in [2.45, 2.75) is 19.5 Å². The van der Waals surface area contributed by atoms with Crippen molar-refractivity contribution in [2.75, 3.05) is 7.11 Å². The van der Waals surface area contributed by atoms with Gasteiger partial charge in [0, 0.05) is 21.4 Å². The second kappa shape index (κ2) is 5.79. The van der Waals surface area contributed by atoms with E-state index < -0.39 is 0 Å².